The average molecular weight is 428 g/mol. The number of H-pyrrole nitrogens is 1. The lowest BCUT2D eigenvalue weighted by Gasteiger charge is -2.09. The van der Waals surface area contributed by atoms with E-state index < -0.39 is 5.41 Å². The number of nitrogens with zero attached hydrogens (tertiary/aromatic N) is 3. The first kappa shape index (κ1) is 19.3. The Morgan fingerprint density at radius 3 is 2.71 bits per heavy atom. The van der Waals surface area contributed by atoms with Crippen LogP contribution in [-0.2, 0) is 0 Å². The molecular formula is C24H18ClN5O. The normalized spacial score (nSPS) is 14.2. The minimum atomic E-state index is -0.399. The van der Waals surface area contributed by atoms with E-state index in [2.05, 4.69) is 26.3 Å². The van der Waals surface area contributed by atoms with E-state index >= 15 is 0 Å². The molecule has 1 fully saturated rings. The molecule has 3 heterocycles. The molecule has 0 bridgehead atoms. The van der Waals surface area contributed by atoms with Gasteiger partial charge in [-0.1, -0.05) is 48.0 Å². The summed E-state index contributed by atoms with van der Waals surface area (Å²) in [4.78, 5) is 24.8. The average Bonchev–Trinajstić information content (AvgIpc) is 3.54. The number of hydrogen-bond donors (Lipinski definition) is 2. The van der Waals surface area contributed by atoms with Crippen LogP contribution < -0.4 is 5.32 Å². The first-order valence-electron chi connectivity index (χ1n) is 9.98. The lowest BCUT2D eigenvalue weighted by molar-refractivity contribution is 0.0943. The molecule has 0 spiro atoms. The molecule has 3 aromatic heterocycles. The zero-order valence-electron chi connectivity index (χ0n) is 16.5. The van der Waals surface area contributed by atoms with Crippen molar-refractivity contribution in [2.24, 2.45) is 5.41 Å². The molecule has 7 heteroatoms. The molecule has 4 aromatic rings. The van der Waals surface area contributed by atoms with Crippen LogP contribution in [0.1, 0.15) is 23.3 Å². The first-order chi connectivity index (χ1) is 15.1. The predicted octanol–water partition coefficient (Wildman–Crippen LogP) is 4.98. The molecule has 1 aromatic carbocycles. The summed E-state index contributed by atoms with van der Waals surface area (Å²) in [5, 5.41) is 13.4. The number of hydrogen-bond acceptors (Lipinski definition) is 4. The van der Waals surface area contributed by atoms with Crippen LogP contribution in [0, 0.1) is 16.7 Å². The third-order valence-electron chi connectivity index (χ3n) is 5.61. The SMILES string of the molecule is N#CC1(CNC(=O)c2cccc(-c3cnc4[nH]c(-c5ccccc5)c(Cl)c4c3)n2)CC1. The predicted molar refractivity (Wildman–Crippen MR) is 119 cm³/mol. The topological polar surface area (TPSA) is 94.5 Å². The van der Waals surface area contributed by atoms with Crippen molar-refractivity contribution in [2.75, 3.05) is 6.54 Å². The van der Waals surface area contributed by atoms with E-state index in [0.29, 0.717) is 28.6 Å². The number of aromatic amines is 1. The van der Waals surface area contributed by atoms with Crippen molar-refractivity contribution in [1.82, 2.24) is 20.3 Å². The number of pyridine rings is 2. The molecule has 1 aliphatic carbocycles. The van der Waals surface area contributed by atoms with Gasteiger partial charge in [-0.15, -0.1) is 0 Å². The van der Waals surface area contributed by atoms with Crippen LogP contribution in [0.2, 0.25) is 5.02 Å². The van der Waals surface area contributed by atoms with Gasteiger partial charge in [-0.25, -0.2) is 9.97 Å². The van der Waals surface area contributed by atoms with Crippen molar-refractivity contribution in [3.05, 3.63) is 71.5 Å². The lowest BCUT2D eigenvalue weighted by Crippen LogP contribution is -2.30. The number of nitriles is 1. The molecule has 5 rings (SSSR count). The Bertz CT molecular complexity index is 1340. The van der Waals surface area contributed by atoms with E-state index in [1.54, 1.807) is 18.3 Å². The Morgan fingerprint density at radius 2 is 1.97 bits per heavy atom. The van der Waals surface area contributed by atoms with Gasteiger partial charge in [0.1, 0.15) is 11.3 Å². The summed E-state index contributed by atoms with van der Waals surface area (Å²) in [5.41, 5.74) is 3.78. The molecule has 152 valence electrons. The quantitative estimate of drug-likeness (QED) is 0.469. The molecule has 1 saturated carbocycles. The minimum Gasteiger partial charge on any atom is -0.349 e. The van der Waals surface area contributed by atoms with Gasteiger partial charge in [-0.05, 0) is 36.6 Å². The molecule has 0 atom stereocenters. The van der Waals surface area contributed by atoms with E-state index in [9.17, 15) is 10.1 Å². The third kappa shape index (κ3) is 3.65. The number of benzene rings is 1. The number of nitrogens with one attached hydrogen (secondary N) is 2. The van der Waals surface area contributed by atoms with Crippen molar-refractivity contribution in [2.45, 2.75) is 12.8 Å². The maximum absolute atomic E-state index is 12.5. The number of carbonyl (C=O) groups is 1. The highest BCUT2D eigenvalue weighted by atomic mass is 35.5. The summed E-state index contributed by atoms with van der Waals surface area (Å²) in [6.07, 6.45) is 3.36. The number of carbonyl (C=O) groups excluding carboxylic acids is 1. The van der Waals surface area contributed by atoms with Crippen LogP contribution in [0.25, 0.3) is 33.5 Å². The number of rotatable bonds is 5. The molecule has 0 saturated heterocycles. The summed E-state index contributed by atoms with van der Waals surface area (Å²) >= 11 is 6.65. The van der Waals surface area contributed by atoms with Crippen LogP contribution in [0.4, 0.5) is 0 Å². The van der Waals surface area contributed by atoms with Gasteiger partial charge in [-0.2, -0.15) is 5.26 Å². The molecule has 31 heavy (non-hydrogen) atoms. The molecular weight excluding hydrogens is 410 g/mol. The third-order valence-corrected chi connectivity index (χ3v) is 6.00. The minimum absolute atomic E-state index is 0.288. The summed E-state index contributed by atoms with van der Waals surface area (Å²) in [5.74, 6) is -0.288. The van der Waals surface area contributed by atoms with Crippen molar-refractivity contribution in [3.8, 4) is 28.6 Å². The maximum atomic E-state index is 12.5. The van der Waals surface area contributed by atoms with Crippen molar-refractivity contribution in [3.63, 3.8) is 0 Å². The van der Waals surface area contributed by atoms with Crippen LogP contribution in [0.5, 0.6) is 0 Å². The Morgan fingerprint density at radius 1 is 1.16 bits per heavy atom. The summed E-state index contributed by atoms with van der Waals surface area (Å²) in [6, 6.07) is 19.3. The Kier molecular flexibility index (Phi) is 4.68. The molecule has 6 nitrogen and oxygen atoms in total. The second kappa shape index (κ2) is 7.53. The van der Waals surface area contributed by atoms with Gasteiger partial charge in [0, 0.05) is 23.7 Å². The fourth-order valence-electron chi connectivity index (χ4n) is 3.52. The van der Waals surface area contributed by atoms with E-state index in [-0.39, 0.29) is 5.91 Å². The van der Waals surface area contributed by atoms with Crippen LogP contribution in [0.3, 0.4) is 0 Å². The monoisotopic (exact) mass is 427 g/mol. The molecule has 2 N–H and O–H groups in total. The smallest absolute Gasteiger partial charge is 0.269 e. The molecule has 0 aliphatic heterocycles. The molecule has 1 aliphatic rings. The standard InChI is InChI=1S/C24H18ClN5O/c25-20-17-11-16(12-27-22(17)30-21(20)15-5-2-1-3-6-15)18-7-4-8-19(29-18)23(31)28-14-24(13-26)9-10-24/h1-8,11-12H,9-10,14H2,(H,27,30)(H,28,31). The summed E-state index contributed by atoms with van der Waals surface area (Å²) in [6.45, 7) is 0.350. The highest BCUT2D eigenvalue weighted by molar-refractivity contribution is 6.38. The van der Waals surface area contributed by atoms with Gasteiger partial charge >= 0.3 is 0 Å². The zero-order chi connectivity index (χ0) is 21.4. The number of halogens is 1. The van der Waals surface area contributed by atoms with Crippen LogP contribution >= 0.6 is 11.6 Å². The Balaban J connectivity index is 1.44. The Labute approximate surface area is 183 Å². The molecule has 0 unspecified atom stereocenters. The van der Waals surface area contributed by atoms with Gasteiger partial charge in [0.05, 0.1) is 27.9 Å². The van der Waals surface area contributed by atoms with E-state index in [1.807, 2.05) is 42.5 Å². The van der Waals surface area contributed by atoms with Gasteiger partial charge in [0.2, 0.25) is 0 Å². The maximum Gasteiger partial charge on any atom is 0.269 e. The lowest BCUT2D eigenvalue weighted by atomic mass is 10.1. The molecule has 0 radical (unpaired) electrons. The highest BCUT2D eigenvalue weighted by Crippen LogP contribution is 2.44. The highest BCUT2D eigenvalue weighted by Gasteiger charge is 2.43. The fraction of sp³-hybridized carbons (Fsp3) is 0.167. The van der Waals surface area contributed by atoms with Gasteiger partial charge in [-0.3, -0.25) is 4.79 Å². The Hall–Kier alpha value is -3.69. The summed E-state index contributed by atoms with van der Waals surface area (Å²) < 4.78 is 0. The number of fused-ring (bicyclic) bond motifs is 1. The molecule has 1 amide bonds. The first-order valence-corrected chi connectivity index (χ1v) is 10.4. The fourth-order valence-corrected chi connectivity index (χ4v) is 3.82. The second-order valence-electron chi connectivity index (χ2n) is 7.78. The van der Waals surface area contributed by atoms with Crippen LogP contribution in [-0.4, -0.2) is 27.4 Å². The summed E-state index contributed by atoms with van der Waals surface area (Å²) in [7, 11) is 0. The van der Waals surface area contributed by atoms with Gasteiger partial charge < -0.3 is 10.3 Å². The van der Waals surface area contributed by atoms with Gasteiger partial charge in [0.15, 0.2) is 0 Å². The largest absolute Gasteiger partial charge is 0.349 e. The van der Waals surface area contributed by atoms with Crippen LogP contribution in [0.15, 0.2) is 60.8 Å². The number of amides is 1. The van der Waals surface area contributed by atoms with E-state index in [1.165, 1.54) is 0 Å². The zero-order valence-corrected chi connectivity index (χ0v) is 17.3. The van der Waals surface area contributed by atoms with E-state index in [0.717, 1.165) is 35.0 Å². The van der Waals surface area contributed by atoms with Crippen molar-refractivity contribution >= 4 is 28.5 Å². The van der Waals surface area contributed by atoms with Gasteiger partial charge in [0.25, 0.3) is 5.91 Å². The number of aromatic nitrogens is 3. The van der Waals surface area contributed by atoms with Crippen molar-refractivity contribution < 1.29 is 4.79 Å². The van der Waals surface area contributed by atoms with Crippen molar-refractivity contribution in [1.29, 1.82) is 5.26 Å². The van der Waals surface area contributed by atoms with E-state index in [4.69, 9.17) is 11.6 Å². The second-order valence-corrected chi connectivity index (χ2v) is 8.16.